The minimum atomic E-state index is 0.308. The number of aromatic nitrogens is 4. The number of hydrogen-bond acceptors (Lipinski definition) is 5. The molecule has 110 valence electrons. The zero-order valence-electron chi connectivity index (χ0n) is 12.5. The van der Waals surface area contributed by atoms with Gasteiger partial charge in [-0.1, -0.05) is 6.92 Å². The summed E-state index contributed by atoms with van der Waals surface area (Å²) in [7, 11) is 1.91. The molecule has 0 fully saturated rings. The van der Waals surface area contributed by atoms with E-state index in [1.54, 1.807) is 16.0 Å². The molecule has 0 saturated heterocycles. The van der Waals surface area contributed by atoms with Crippen molar-refractivity contribution < 1.29 is 0 Å². The number of thiophene rings is 1. The van der Waals surface area contributed by atoms with Crippen LogP contribution < -0.4 is 5.32 Å². The van der Waals surface area contributed by atoms with E-state index in [-0.39, 0.29) is 0 Å². The maximum atomic E-state index is 4.63. The van der Waals surface area contributed by atoms with Crippen LogP contribution >= 0.6 is 11.3 Å². The highest BCUT2D eigenvalue weighted by Crippen LogP contribution is 2.21. The molecule has 0 radical (unpaired) electrons. The van der Waals surface area contributed by atoms with Gasteiger partial charge in [0.05, 0.1) is 11.6 Å². The summed E-state index contributed by atoms with van der Waals surface area (Å²) in [6.07, 6.45) is 3.62. The molecule has 0 spiro atoms. The number of nitrogens with zero attached hydrogens (tertiary/aromatic N) is 4. The van der Waals surface area contributed by atoms with Crippen LogP contribution in [0.5, 0.6) is 0 Å². The fraction of sp³-hybridized carbons (Fsp3) is 0.400. The summed E-state index contributed by atoms with van der Waals surface area (Å²) in [6, 6.07) is 2.47. The van der Waals surface area contributed by atoms with Crippen molar-refractivity contribution in [2.24, 2.45) is 7.05 Å². The molecule has 3 rings (SSSR count). The molecule has 0 aliphatic carbocycles. The highest BCUT2D eigenvalue weighted by molar-refractivity contribution is 7.07. The molecule has 0 amide bonds. The lowest BCUT2D eigenvalue weighted by atomic mass is 10.1. The second-order valence-corrected chi connectivity index (χ2v) is 6.01. The van der Waals surface area contributed by atoms with Gasteiger partial charge < -0.3 is 5.32 Å². The van der Waals surface area contributed by atoms with Gasteiger partial charge >= 0.3 is 0 Å². The fourth-order valence-electron chi connectivity index (χ4n) is 2.38. The maximum Gasteiger partial charge on any atom is 0.163 e. The monoisotopic (exact) mass is 301 g/mol. The van der Waals surface area contributed by atoms with Crippen molar-refractivity contribution in [3.63, 3.8) is 0 Å². The second kappa shape index (κ2) is 5.81. The van der Waals surface area contributed by atoms with Crippen LogP contribution in [0.3, 0.4) is 0 Å². The van der Waals surface area contributed by atoms with Crippen LogP contribution in [0.15, 0.2) is 23.0 Å². The number of aryl methyl sites for hydroxylation is 2. The van der Waals surface area contributed by atoms with Gasteiger partial charge in [0.2, 0.25) is 0 Å². The van der Waals surface area contributed by atoms with Crippen molar-refractivity contribution in [1.82, 2.24) is 19.7 Å². The third kappa shape index (κ3) is 2.90. The van der Waals surface area contributed by atoms with E-state index >= 15 is 0 Å². The zero-order chi connectivity index (χ0) is 14.8. The molecule has 5 nitrogen and oxygen atoms in total. The Labute approximate surface area is 128 Å². The predicted molar refractivity (Wildman–Crippen MR) is 86.8 cm³/mol. The third-order valence-corrected chi connectivity index (χ3v) is 4.19. The quantitative estimate of drug-likeness (QED) is 0.787. The van der Waals surface area contributed by atoms with E-state index in [1.807, 2.05) is 13.2 Å². The molecule has 0 aliphatic heterocycles. The molecule has 0 unspecified atom stereocenters. The zero-order valence-corrected chi connectivity index (χ0v) is 13.3. The summed E-state index contributed by atoms with van der Waals surface area (Å²) in [4.78, 5) is 9.18. The summed E-state index contributed by atoms with van der Waals surface area (Å²) in [5, 5.41) is 13.1. The molecule has 3 aromatic rings. The number of rotatable bonds is 5. The highest BCUT2D eigenvalue weighted by atomic mass is 32.1. The Morgan fingerprint density at radius 2 is 2.24 bits per heavy atom. The van der Waals surface area contributed by atoms with Crippen molar-refractivity contribution in [2.75, 3.05) is 5.32 Å². The molecule has 3 heterocycles. The molecule has 1 N–H and O–H groups in total. The van der Waals surface area contributed by atoms with Gasteiger partial charge in [0.25, 0.3) is 0 Å². The van der Waals surface area contributed by atoms with Gasteiger partial charge in [-0.3, -0.25) is 4.68 Å². The summed E-state index contributed by atoms with van der Waals surface area (Å²) >= 11 is 1.73. The van der Waals surface area contributed by atoms with Crippen LogP contribution in [-0.2, 0) is 19.9 Å². The van der Waals surface area contributed by atoms with Crippen molar-refractivity contribution in [3.05, 3.63) is 34.4 Å². The Kier molecular flexibility index (Phi) is 3.88. The lowest BCUT2D eigenvalue weighted by Crippen LogP contribution is -2.19. The van der Waals surface area contributed by atoms with E-state index in [0.29, 0.717) is 6.04 Å². The Balaban J connectivity index is 1.88. The standard InChI is InChI=1S/C15H19N5S/c1-4-13-18-14(12-8-16-20(3)15(12)19-13)17-10(2)7-11-5-6-21-9-11/h5-6,8-10H,4,7H2,1-3H3,(H,17,18,19)/t10-/m1/s1. The van der Waals surface area contributed by atoms with Gasteiger partial charge in [0.15, 0.2) is 5.65 Å². The number of hydrogen-bond donors (Lipinski definition) is 1. The highest BCUT2D eigenvalue weighted by Gasteiger charge is 2.13. The Hall–Kier alpha value is -1.95. The molecular formula is C15H19N5S. The molecule has 3 aromatic heterocycles. The molecule has 1 atom stereocenters. The maximum absolute atomic E-state index is 4.63. The average molecular weight is 301 g/mol. The summed E-state index contributed by atoms with van der Waals surface area (Å²) in [6.45, 7) is 4.24. The van der Waals surface area contributed by atoms with E-state index in [4.69, 9.17) is 0 Å². The molecular weight excluding hydrogens is 282 g/mol. The van der Waals surface area contributed by atoms with Gasteiger partial charge in [0, 0.05) is 19.5 Å². The molecule has 0 bridgehead atoms. The van der Waals surface area contributed by atoms with Gasteiger partial charge in [-0.05, 0) is 35.7 Å². The molecule has 0 aromatic carbocycles. The normalized spacial score (nSPS) is 12.7. The minimum Gasteiger partial charge on any atom is -0.367 e. The topological polar surface area (TPSA) is 55.6 Å². The van der Waals surface area contributed by atoms with Crippen LogP contribution in [0, 0.1) is 0 Å². The first-order valence-corrected chi connectivity index (χ1v) is 8.08. The predicted octanol–water partition coefficient (Wildman–Crippen LogP) is 3.03. The van der Waals surface area contributed by atoms with Crippen molar-refractivity contribution in [1.29, 1.82) is 0 Å². The van der Waals surface area contributed by atoms with Crippen LogP contribution in [-0.4, -0.2) is 25.8 Å². The summed E-state index contributed by atoms with van der Waals surface area (Å²) < 4.78 is 1.80. The summed E-state index contributed by atoms with van der Waals surface area (Å²) in [5.41, 5.74) is 2.24. The van der Waals surface area contributed by atoms with Crippen molar-refractivity contribution in [3.8, 4) is 0 Å². The second-order valence-electron chi connectivity index (χ2n) is 5.23. The van der Waals surface area contributed by atoms with Crippen molar-refractivity contribution in [2.45, 2.75) is 32.7 Å². The van der Waals surface area contributed by atoms with E-state index in [0.717, 1.165) is 35.5 Å². The number of nitrogens with one attached hydrogen (secondary N) is 1. The van der Waals surface area contributed by atoms with Crippen LogP contribution in [0.25, 0.3) is 11.0 Å². The minimum absolute atomic E-state index is 0.308. The number of fused-ring (bicyclic) bond motifs is 1. The van der Waals surface area contributed by atoms with Crippen LogP contribution in [0.2, 0.25) is 0 Å². The summed E-state index contributed by atoms with van der Waals surface area (Å²) in [5.74, 6) is 1.73. The molecule has 0 saturated carbocycles. The molecule has 6 heteroatoms. The first-order chi connectivity index (χ1) is 10.2. The van der Waals surface area contributed by atoms with E-state index in [1.165, 1.54) is 5.56 Å². The van der Waals surface area contributed by atoms with Crippen molar-refractivity contribution >= 4 is 28.2 Å². The molecule has 21 heavy (non-hydrogen) atoms. The largest absolute Gasteiger partial charge is 0.367 e. The van der Waals surface area contributed by atoms with Gasteiger partial charge in [0.1, 0.15) is 11.6 Å². The van der Waals surface area contributed by atoms with E-state index < -0.39 is 0 Å². The van der Waals surface area contributed by atoms with E-state index in [2.05, 4.69) is 51.1 Å². The molecule has 0 aliphatic rings. The average Bonchev–Trinajstić information content (AvgIpc) is 3.09. The first-order valence-electron chi connectivity index (χ1n) is 7.13. The van der Waals surface area contributed by atoms with Crippen LogP contribution in [0.4, 0.5) is 5.82 Å². The van der Waals surface area contributed by atoms with E-state index in [9.17, 15) is 0 Å². The smallest absolute Gasteiger partial charge is 0.163 e. The van der Waals surface area contributed by atoms with Gasteiger partial charge in [-0.25, -0.2) is 9.97 Å². The number of anilines is 1. The SMILES string of the molecule is CCc1nc(N[C@H](C)Cc2ccsc2)c2cnn(C)c2n1. The lowest BCUT2D eigenvalue weighted by molar-refractivity contribution is 0.773. The van der Waals surface area contributed by atoms with Crippen LogP contribution in [0.1, 0.15) is 25.2 Å². The van der Waals surface area contributed by atoms with Gasteiger partial charge in [-0.15, -0.1) is 0 Å². The van der Waals surface area contributed by atoms with Gasteiger partial charge in [-0.2, -0.15) is 16.4 Å². The Morgan fingerprint density at radius 3 is 2.95 bits per heavy atom. The first kappa shape index (κ1) is 14.0. The Morgan fingerprint density at radius 1 is 1.38 bits per heavy atom. The fourth-order valence-corrected chi connectivity index (χ4v) is 3.06. The Bertz CT molecular complexity index is 732. The third-order valence-electron chi connectivity index (χ3n) is 3.46. The lowest BCUT2D eigenvalue weighted by Gasteiger charge is -2.15.